The lowest BCUT2D eigenvalue weighted by atomic mass is 9.85. The van der Waals surface area contributed by atoms with Gasteiger partial charge < -0.3 is 10.6 Å². The van der Waals surface area contributed by atoms with Gasteiger partial charge in [0, 0.05) is 30.6 Å². The largest absolute Gasteiger partial charge is 0.310 e. The first-order valence-corrected chi connectivity index (χ1v) is 8.80. The minimum absolute atomic E-state index is 0.209. The van der Waals surface area contributed by atoms with Gasteiger partial charge >= 0.3 is 0 Å². The average molecular weight is 313 g/mol. The molecule has 2 heterocycles. The summed E-state index contributed by atoms with van der Waals surface area (Å²) in [6.45, 7) is 1.76. The van der Waals surface area contributed by atoms with E-state index in [0.29, 0.717) is 6.04 Å². The quantitative estimate of drug-likeness (QED) is 0.908. The van der Waals surface area contributed by atoms with E-state index in [0.717, 1.165) is 41.6 Å². The molecule has 3 nitrogen and oxygen atoms in total. The highest BCUT2D eigenvalue weighted by Crippen LogP contribution is 2.32. The van der Waals surface area contributed by atoms with Gasteiger partial charge in [-0.15, -0.1) is 0 Å². The van der Waals surface area contributed by atoms with E-state index in [1.54, 1.807) is 6.07 Å². The van der Waals surface area contributed by atoms with Crippen molar-refractivity contribution in [3.63, 3.8) is 0 Å². The van der Waals surface area contributed by atoms with Crippen LogP contribution in [-0.4, -0.2) is 23.6 Å². The van der Waals surface area contributed by atoms with E-state index in [-0.39, 0.29) is 5.82 Å². The molecular formula is C19H24FN3. The number of hydrogen-bond donors (Lipinski definition) is 2. The highest BCUT2D eigenvalue weighted by molar-refractivity contribution is 5.78. The van der Waals surface area contributed by atoms with Gasteiger partial charge in [-0.3, -0.25) is 4.98 Å². The van der Waals surface area contributed by atoms with Crippen molar-refractivity contribution in [2.75, 3.05) is 6.54 Å². The summed E-state index contributed by atoms with van der Waals surface area (Å²) in [5.74, 6) is 0.684. The first-order valence-electron chi connectivity index (χ1n) is 8.80. The minimum Gasteiger partial charge on any atom is -0.310 e. The lowest BCUT2D eigenvalue weighted by Gasteiger charge is -2.24. The van der Waals surface area contributed by atoms with E-state index < -0.39 is 0 Å². The zero-order valence-electron chi connectivity index (χ0n) is 13.4. The molecule has 0 amide bonds. The highest BCUT2D eigenvalue weighted by atomic mass is 19.1. The Kier molecular flexibility index (Phi) is 4.27. The first-order chi connectivity index (χ1) is 11.3. The van der Waals surface area contributed by atoms with Crippen molar-refractivity contribution in [2.24, 2.45) is 5.92 Å². The van der Waals surface area contributed by atoms with Crippen LogP contribution in [0.1, 0.15) is 37.8 Å². The molecule has 0 spiro atoms. The third-order valence-electron chi connectivity index (χ3n) is 5.35. The molecule has 2 fully saturated rings. The van der Waals surface area contributed by atoms with Crippen LogP contribution in [0, 0.1) is 11.7 Å². The number of hydrogen-bond acceptors (Lipinski definition) is 3. The maximum absolute atomic E-state index is 13.2. The summed E-state index contributed by atoms with van der Waals surface area (Å²) in [4.78, 5) is 4.60. The molecule has 23 heavy (non-hydrogen) atoms. The Hall–Kier alpha value is -1.52. The standard InChI is InChI=1S/C19H24FN3/c20-15-6-8-19-14(9-15)5-7-16(22-19)11-21-12-17-10-13-3-1-2-4-18(13)23-17/h5-9,13,17-18,21,23H,1-4,10-12H2/t13-,17-,18-/m0/s1. The number of fused-ring (bicyclic) bond motifs is 2. The van der Waals surface area contributed by atoms with Gasteiger partial charge in [0.15, 0.2) is 0 Å². The Morgan fingerprint density at radius 3 is 3.00 bits per heavy atom. The van der Waals surface area contributed by atoms with Gasteiger partial charge in [0.1, 0.15) is 5.82 Å². The van der Waals surface area contributed by atoms with Crippen molar-refractivity contribution < 1.29 is 4.39 Å². The maximum atomic E-state index is 13.2. The van der Waals surface area contributed by atoms with Crippen molar-refractivity contribution in [1.29, 1.82) is 0 Å². The molecule has 0 bridgehead atoms. The summed E-state index contributed by atoms with van der Waals surface area (Å²) in [6, 6.07) is 10.0. The molecule has 0 radical (unpaired) electrons. The molecule has 1 aliphatic heterocycles. The van der Waals surface area contributed by atoms with Gasteiger partial charge in [-0.2, -0.15) is 0 Å². The molecular weight excluding hydrogens is 289 g/mol. The van der Waals surface area contributed by atoms with Gasteiger partial charge in [-0.05, 0) is 49.4 Å². The number of nitrogens with zero attached hydrogens (tertiary/aromatic N) is 1. The smallest absolute Gasteiger partial charge is 0.123 e. The summed E-state index contributed by atoms with van der Waals surface area (Å²) in [6.07, 6.45) is 6.85. The molecule has 0 unspecified atom stereocenters. The molecule has 1 aromatic carbocycles. The zero-order chi connectivity index (χ0) is 15.6. The van der Waals surface area contributed by atoms with E-state index in [1.807, 2.05) is 12.1 Å². The molecule has 2 aromatic rings. The van der Waals surface area contributed by atoms with Crippen LogP contribution in [-0.2, 0) is 6.54 Å². The van der Waals surface area contributed by atoms with E-state index in [4.69, 9.17) is 0 Å². The monoisotopic (exact) mass is 313 g/mol. The average Bonchev–Trinajstić information content (AvgIpc) is 2.97. The number of aromatic nitrogens is 1. The van der Waals surface area contributed by atoms with Crippen LogP contribution in [0.4, 0.5) is 4.39 Å². The van der Waals surface area contributed by atoms with E-state index >= 15 is 0 Å². The van der Waals surface area contributed by atoms with Crippen LogP contribution >= 0.6 is 0 Å². The van der Waals surface area contributed by atoms with Crippen molar-refractivity contribution in [3.05, 3.63) is 41.8 Å². The second-order valence-electron chi connectivity index (χ2n) is 7.02. The molecule has 4 heteroatoms. The fraction of sp³-hybridized carbons (Fsp3) is 0.526. The lowest BCUT2D eigenvalue weighted by Crippen LogP contribution is -2.38. The summed E-state index contributed by atoms with van der Waals surface area (Å²) >= 11 is 0. The third-order valence-corrected chi connectivity index (χ3v) is 5.35. The predicted molar refractivity (Wildman–Crippen MR) is 90.7 cm³/mol. The van der Waals surface area contributed by atoms with Crippen molar-refractivity contribution >= 4 is 10.9 Å². The summed E-state index contributed by atoms with van der Waals surface area (Å²) in [7, 11) is 0. The van der Waals surface area contributed by atoms with Crippen molar-refractivity contribution in [2.45, 2.75) is 50.7 Å². The van der Waals surface area contributed by atoms with Crippen LogP contribution in [0.5, 0.6) is 0 Å². The molecule has 4 rings (SSSR count). The fourth-order valence-electron chi connectivity index (χ4n) is 4.20. The Labute approximate surface area is 136 Å². The van der Waals surface area contributed by atoms with Crippen molar-refractivity contribution in [3.8, 4) is 0 Å². The first kappa shape index (κ1) is 15.0. The van der Waals surface area contributed by atoms with Crippen LogP contribution in [0.3, 0.4) is 0 Å². The Morgan fingerprint density at radius 1 is 1.17 bits per heavy atom. The molecule has 3 atom stereocenters. The Morgan fingerprint density at radius 2 is 2.09 bits per heavy atom. The number of rotatable bonds is 4. The van der Waals surface area contributed by atoms with Crippen LogP contribution < -0.4 is 10.6 Å². The van der Waals surface area contributed by atoms with Gasteiger partial charge in [0.2, 0.25) is 0 Å². The van der Waals surface area contributed by atoms with Crippen LogP contribution in [0.2, 0.25) is 0 Å². The van der Waals surface area contributed by atoms with Crippen LogP contribution in [0.15, 0.2) is 30.3 Å². The summed E-state index contributed by atoms with van der Waals surface area (Å²) < 4.78 is 13.2. The number of pyridine rings is 1. The van der Waals surface area contributed by atoms with Gasteiger partial charge in [-0.1, -0.05) is 18.9 Å². The molecule has 1 aromatic heterocycles. The van der Waals surface area contributed by atoms with E-state index in [1.165, 1.54) is 44.2 Å². The topological polar surface area (TPSA) is 37.0 Å². The summed E-state index contributed by atoms with van der Waals surface area (Å²) in [5, 5.41) is 8.18. The maximum Gasteiger partial charge on any atom is 0.123 e. The van der Waals surface area contributed by atoms with Gasteiger partial charge in [-0.25, -0.2) is 4.39 Å². The van der Waals surface area contributed by atoms with Gasteiger partial charge in [0.25, 0.3) is 0 Å². The van der Waals surface area contributed by atoms with Gasteiger partial charge in [0.05, 0.1) is 11.2 Å². The van der Waals surface area contributed by atoms with Crippen molar-refractivity contribution in [1.82, 2.24) is 15.6 Å². The highest BCUT2D eigenvalue weighted by Gasteiger charge is 2.34. The lowest BCUT2D eigenvalue weighted by molar-refractivity contribution is 0.325. The zero-order valence-corrected chi connectivity index (χ0v) is 13.4. The number of halogens is 1. The molecule has 2 aliphatic rings. The second kappa shape index (κ2) is 6.54. The van der Waals surface area contributed by atoms with E-state index in [9.17, 15) is 4.39 Å². The predicted octanol–water partition coefficient (Wildman–Crippen LogP) is 3.38. The third kappa shape index (κ3) is 3.38. The Bertz CT molecular complexity index is 673. The molecule has 1 saturated heterocycles. The molecule has 2 N–H and O–H groups in total. The fourth-order valence-corrected chi connectivity index (χ4v) is 4.20. The molecule has 122 valence electrons. The van der Waals surface area contributed by atoms with E-state index in [2.05, 4.69) is 15.6 Å². The molecule has 1 aliphatic carbocycles. The van der Waals surface area contributed by atoms with Crippen LogP contribution in [0.25, 0.3) is 10.9 Å². The summed E-state index contributed by atoms with van der Waals surface area (Å²) in [5.41, 5.74) is 1.87. The number of benzene rings is 1. The minimum atomic E-state index is -0.209. The second-order valence-corrected chi connectivity index (χ2v) is 7.02. The molecule has 1 saturated carbocycles. The normalized spacial score (nSPS) is 27.3. The SMILES string of the molecule is Fc1ccc2nc(CNC[C@@H]3C[C@@H]4CCCC[C@@H]4N3)ccc2c1. The number of nitrogens with one attached hydrogen (secondary N) is 2. The Balaban J connectivity index is 1.32.